The van der Waals surface area contributed by atoms with Gasteiger partial charge in [0.25, 0.3) is 11.8 Å². The van der Waals surface area contributed by atoms with Crippen molar-refractivity contribution in [2.45, 2.75) is 19.7 Å². The summed E-state index contributed by atoms with van der Waals surface area (Å²) in [4.78, 5) is 45.2. The number of aromatic nitrogens is 8. The standard InChI is InChI=1S/C39H40N12O6/c40-9-15-55-34-21-36(44-30-7-3-1-5-28(30)34)46-38(52)32-19-27(57-24-26-23-51(49-48-26)14-18-54-17-13-50-12-11-42-25-50)20-33(43-32)39(53)47-37-22-35(56-16-10-41)29-6-2-4-8-31(29)45-37/h1-8,11-12,19-23,25H,9-10,13-18,24,40-41H2,(H,44,46,52)(H,45,47,53). The van der Waals surface area contributed by atoms with Crippen molar-refractivity contribution < 1.29 is 28.5 Å². The minimum atomic E-state index is -0.651. The highest BCUT2D eigenvalue weighted by Crippen LogP contribution is 2.29. The Bertz CT molecular complexity index is 2330. The highest BCUT2D eigenvalue weighted by Gasteiger charge is 2.19. The molecule has 0 aliphatic rings. The third-order valence-electron chi connectivity index (χ3n) is 8.35. The number of hydrogen-bond donors (Lipinski definition) is 4. The Hall–Kier alpha value is -7.02. The number of carbonyl (C=O) groups is 2. The molecule has 0 bridgehead atoms. The summed E-state index contributed by atoms with van der Waals surface area (Å²) >= 11 is 0. The molecule has 0 spiro atoms. The van der Waals surface area contributed by atoms with Gasteiger partial charge in [0.2, 0.25) is 0 Å². The smallest absolute Gasteiger partial charge is 0.275 e. The second kappa shape index (κ2) is 18.5. The lowest BCUT2D eigenvalue weighted by atomic mass is 10.2. The van der Waals surface area contributed by atoms with Crippen molar-refractivity contribution in [1.29, 1.82) is 0 Å². The number of hydrogen-bond acceptors (Lipinski definition) is 14. The highest BCUT2D eigenvalue weighted by molar-refractivity contribution is 6.07. The summed E-state index contributed by atoms with van der Waals surface area (Å²) < 4.78 is 27.1. The van der Waals surface area contributed by atoms with Crippen molar-refractivity contribution in [1.82, 2.24) is 39.5 Å². The second-order valence-corrected chi connectivity index (χ2v) is 12.5. The van der Waals surface area contributed by atoms with Gasteiger partial charge in [0.1, 0.15) is 65.8 Å². The zero-order chi connectivity index (χ0) is 39.4. The van der Waals surface area contributed by atoms with Crippen molar-refractivity contribution in [3.05, 3.63) is 115 Å². The van der Waals surface area contributed by atoms with E-state index >= 15 is 0 Å². The van der Waals surface area contributed by atoms with Crippen LogP contribution in [0.1, 0.15) is 26.7 Å². The lowest BCUT2D eigenvalue weighted by Crippen LogP contribution is -2.20. The van der Waals surface area contributed by atoms with Gasteiger partial charge in [0, 0.05) is 67.1 Å². The molecule has 0 saturated carbocycles. The molecule has 6 N–H and O–H groups in total. The number of nitrogens with one attached hydrogen (secondary N) is 2. The average Bonchev–Trinajstić information content (AvgIpc) is 3.93. The minimum absolute atomic E-state index is 0.0181. The molecule has 0 unspecified atom stereocenters. The predicted octanol–water partition coefficient (Wildman–Crippen LogP) is 3.44. The van der Waals surface area contributed by atoms with E-state index < -0.39 is 11.8 Å². The third kappa shape index (κ3) is 10.00. The number of rotatable bonds is 19. The van der Waals surface area contributed by atoms with E-state index in [9.17, 15) is 9.59 Å². The second-order valence-electron chi connectivity index (χ2n) is 12.5. The number of pyridine rings is 3. The first-order chi connectivity index (χ1) is 27.9. The van der Waals surface area contributed by atoms with Crippen LogP contribution in [0.15, 0.2) is 97.7 Å². The lowest BCUT2D eigenvalue weighted by molar-refractivity contribution is 0.101. The molecule has 18 heteroatoms. The van der Waals surface area contributed by atoms with Crippen molar-refractivity contribution in [3.8, 4) is 17.2 Å². The maximum absolute atomic E-state index is 13.8. The predicted molar refractivity (Wildman–Crippen MR) is 210 cm³/mol. The van der Waals surface area contributed by atoms with E-state index in [1.54, 1.807) is 47.7 Å². The van der Waals surface area contributed by atoms with E-state index in [4.69, 9.17) is 30.4 Å². The van der Waals surface area contributed by atoms with Gasteiger partial charge in [-0.2, -0.15) is 0 Å². The zero-order valence-corrected chi connectivity index (χ0v) is 30.8. The molecule has 0 fully saturated rings. The first kappa shape index (κ1) is 38.3. The fraction of sp³-hybridized carbons (Fsp3) is 0.231. The van der Waals surface area contributed by atoms with Gasteiger partial charge in [0.05, 0.1) is 43.3 Å². The highest BCUT2D eigenvalue weighted by atomic mass is 16.5. The molecule has 18 nitrogen and oxygen atoms in total. The van der Waals surface area contributed by atoms with Crippen molar-refractivity contribution >= 4 is 45.3 Å². The quantitative estimate of drug-likeness (QED) is 0.0863. The summed E-state index contributed by atoms with van der Waals surface area (Å²) in [7, 11) is 0. The number of nitrogens with two attached hydrogens (primary N) is 2. The van der Waals surface area contributed by atoms with E-state index in [1.807, 2.05) is 47.2 Å². The molecule has 0 radical (unpaired) electrons. The fourth-order valence-corrected chi connectivity index (χ4v) is 5.69. The van der Waals surface area contributed by atoms with E-state index in [0.29, 0.717) is 67.6 Å². The molecule has 7 rings (SSSR count). The molecule has 57 heavy (non-hydrogen) atoms. The zero-order valence-electron chi connectivity index (χ0n) is 30.8. The van der Waals surface area contributed by atoms with Gasteiger partial charge in [-0.1, -0.05) is 29.5 Å². The number of benzene rings is 2. The van der Waals surface area contributed by atoms with Crippen LogP contribution in [0.25, 0.3) is 21.8 Å². The Kier molecular flexibility index (Phi) is 12.4. The van der Waals surface area contributed by atoms with E-state index in [0.717, 1.165) is 10.8 Å². The van der Waals surface area contributed by atoms with Crippen molar-refractivity contribution in [2.75, 3.05) is 50.2 Å². The Morgan fingerprint density at radius 1 is 0.702 bits per heavy atom. The van der Waals surface area contributed by atoms with Crippen LogP contribution < -0.4 is 36.3 Å². The van der Waals surface area contributed by atoms with Crippen LogP contribution in [0.5, 0.6) is 17.2 Å². The first-order valence-electron chi connectivity index (χ1n) is 18.1. The van der Waals surface area contributed by atoms with Gasteiger partial charge in [-0.3, -0.25) is 9.59 Å². The SMILES string of the molecule is NCCOc1cc(NC(=O)c2cc(OCc3cn(CCOCCn4ccnc4)nn3)cc(C(=O)Nc3cc(OCCN)c4ccccc4n3)n2)nc2ccccc12. The molecule has 0 saturated heterocycles. The Balaban J connectivity index is 1.10. The molecule has 5 heterocycles. The number of nitrogens with zero attached hydrogens (tertiary/aromatic N) is 8. The van der Waals surface area contributed by atoms with Crippen LogP contribution in [0.2, 0.25) is 0 Å². The lowest BCUT2D eigenvalue weighted by Gasteiger charge is -2.13. The van der Waals surface area contributed by atoms with E-state index in [-0.39, 0.29) is 48.6 Å². The van der Waals surface area contributed by atoms with Gasteiger partial charge in [-0.15, -0.1) is 5.10 Å². The average molecular weight is 773 g/mol. The number of anilines is 2. The third-order valence-corrected chi connectivity index (χ3v) is 8.35. The summed E-state index contributed by atoms with van der Waals surface area (Å²) in [6, 6.07) is 20.8. The van der Waals surface area contributed by atoms with Gasteiger partial charge in [0.15, 0.2) is 0 Å². The largest absolute Gasteiger partial charge is 0.491 e. The first-order valence-corrected chi connectivity index (χ1v) is 18.1. The number of imidazole rings is 1. The van der Waals surface area contributed by atoms with Crippen LogP contribution in [0, 0.1) is 0 Å². The molecule has 0 aliphatic heterocycles. The van der Waals surface area contributed by atoms with Gasteiger partial charge < -0.3 is 45.6 Å². The van der Waals surface area contributed by atoms with Crippen LogP contribution in [-0.2, 0) is 24.4 Å². The van der Waals surface area contributed by atoms with Gasteiger partial charge in [-0.25, -0.2) is 24.6 Å². The fourth-order valence-electron chi connectivity index (χ4n) is 5.69. The van der Waals surface area contributed by atoms with Crippen LogP contribution in [-0.4, -0.2) is 90.8 Å². The molecule has 2 amide bonds. The summed E-state index contributed by atoms with van der Waals surface area (Å²) in [6.07, 6.45) is 7.05. The summed E-state index contributed by atoms with van der Waals surface area (Å²) in [5, 5.41) is 15.4. The maximum Gasteiger partial charge on any atom is 0.275 e. The number of ether oxygens (including phenoxy) is 4. The summed E-state index contributed by atoms with van der Waals surface area (Å²) in [5.41, 5.74) is 12.8. The van der Waals surface area contributed by atoms with Crippen molar-refractivity contribution in [3.63, 3.8) is 0 Å². The molecule has 2 aromatic carbocycles. The Labute approximate surface area is 326 Å². The number of amides is 2. The molecular weight excluding hydrogens is 733 g/mol. The topological polar surface area (TPSA) is 234 Å². The summed E-state index contributed by atoms with van der Waals surface area (Å²) in [6.45, 7) is 3.23. The van der Waals surface area contributed by atoms with Crippen LogP contribution in [0.4, 0.5) is 11.6 Å². The molecule has 0 aliphatic carbocycles. The maximum atomic E-state index is 13.8. The monoisotopic (exact) mass is 772 g/mol. The van der Waals surface area contributed by atoms with Crippen LogP contribution in [0.3, 0.4) is 0 Å². The molecule has 0 atom stereocenters. The van der Waals surface area contributed by atoms with Crippen LogP contribution >= 0.6 is 0 Å². The molecule has 292 valence electrons. The molecule has 5 aromatic heterocycles. The number of para-hydroxylation sites is 2. The molecule has 7 aromatic rings. The van der Waals surface area contributed by atoms with Gasteiger partial charge in [-0.05, 0) is 24.3 Å². The number of fused-ring (bicyclic) bond motifs is 2. The summed E-state index contributed by atoms with van der Waals surface area (Å²) in [5.74, 6) is 0.283. The normalized spacial score (nSPS) is 11.1. The number of carbonyl (C=O) groups excluding carboxylic acids is 2. The van der Waals surface area contributed by atoms with Gasteiger partial charge >= 0.3 is 0 Å². The Morgan fingerprint density at radius 3 is 1.88 bits per heavy atom. The molecular formula is C39H40N12O6. The minimum Gasteiger partial charge on any atom is -0.491 e. The Morgan fingerprint density at radius 2 is 1.30 bits per heavy atom. The van der Waals surface area contributed by atoms with Crippen molar-refractivity contribution in [2.24, 2.45) is 11.5 Å². The van der Waals surface area contributed by atoms with E-state index in [2.05, 4.69) is 40.9 Å². The van der Waals surface area contributed by atoms with E-state index in [1.165, 1.54) is 12.1 Å².